The molecule has 0 radical (unpaired) electrons. The van der Waals surface area contributed by atoms with Gasteiger partial charge < -0.3 is 18.9 Å². The molecule has 11 heteroatoms. The number of anilines is 1. The van der Waals surface area contributed by atoms with Gasteiger partial charge in [-0.1, -0.05) is 17.3 Å². The molecule has 0 atom stereocenters. The van der Waals surface area contributed by atoms with Crippen LogP contribution in [0.25, 0.3) is 11.4 Å². The van der Waals surface area contributed by atoms with Crippen LogP contribution in [-0.2, 0) is 10.0 Å². The second-order valence-electron chi connectivity index (χ2n) is 7.87. The van der Waals surface area contributed by atoms with E-state index in [0.29, 0.717) is 54.6 Å². The third kappa shape index (κ3) is 4.23. The van der Waals surface area contributed by atoms with E-state index in [9.17, 15) is 13.2 Å². The lowest BCUT2D eigenvalue weighted by Gasteiger charge is -2.19. The van der Waals surface area contributed by atoms with Gasteiger partial charge in [0.25, 0.3) is 10.0 Å². The first-order chi connectivity index (χ1) is 15.9. The average Bonchev–Trinajstić information content (AvgIpc) is 3.51. The molecule has 0 unspecified atom stereocenters. The van der Waals surface area contributed by atoms with Crippen LogP contribution in [0.4, 0.5) is 5.69 Å². The highest BCUT2D eigenvalue weighted by Gasteiger charge is 2.26. The van der Waals surface area contributed by atoms with Crippen LogP contribution in [0.2, 0.25) is 0 Å². The monoisotopic (exact) mass is 470 g/mol. The van der Waals surface area contributed by atoms with Gasteiger partial charge >= 0.3 is 11.8 Å². The van der Waals surface area contributed by atoms with Crippen LogP contribution in [0.1, 0.15) is 29.1 Å². The fraction of sp³-hybridized carbons (Fsp3) is 0.318. The third-order valence-corrected chi connectivity index (χ3v) is 7.06. The number of hydrogen-bond acceptors (Lipinski definition) is 8. The Hall–Kier alpha value is -3.60. The van der Waals surface area contributed by atoms with Gasteiger partial charge in [0.2, 0.25) is 5.82 Å². The lowest BCUT2D eigenvalue weighted by molar-refractivity contribution is 0.0743. The van der Waals surface area contributed by atoms with E-state index in [1.165, 1.54) is 6.07 Å². The first kappa shape index (κ1) is 21.3. The molecule has 2 aliphatic rings. The van der Waals surface area contributed by atoms with Crippen molar-refractivity contribution in [2.45, 2.75) is 24.7 Å². The number of carbonyl (C=O) groups is 1. The van der Waals surface area contributed by atoms with Crippen LogP contribution in [0.15, 0.2) is 45.8 Å². The Morgan fingerprint density at radius 1 is 1.03 bits per heavy atom. The highest BCUT2D eigenvalue weighted by molar-refractivity contribution is 7.92. The lowest BCUT2D eigenvalue weighted by Crippen LogP contribution is -2.27. The molecule has 1 amide bonds. The molecule has 0 spiro atoms. The fourth-order valence-electron chi connectivity index (χ4n) is 3.83. The van der Waals surface area contributed by atoms with Crippen LogP contribution in [-0.4, -0.2) is 55.7 Å². The van der Waals surface area contributed by atoms with Crippen LogP contribution in [0.3, 0.4) is 0 Å². The second kappa shape index (κ2) is 8.39. The minimum Gasteiger partial charge on any atom is -0.486 e. The number of sulfonamides is 1. The van der Waals surface area contributed by atoms with Crippen molar-refractivity contribution in [3.05, 3.63) is 47.9 Å². The summed E-state index contributed by atoms with van der Waals surface area (Å²) in [4.78, 5) is 18.4. The molecule has 1 saturated heterocycles. The number of carbonyl (C=O) groups excluding carboxylic acids is 1. The highest BCUT2D eigenvalue weighted by Crippen LogP contribution is 2.34. The number of benzene rings is 2. The average molecular weight is 471 g/mol. The highest BCUT2D eigenvalue weighted by atomic mass is 32.2. The van der Waals surface area contributed by atoms with Crippen molar-refractivity contribution in [3.63, 3.8) is 0 Å². The Morgan fingerprint density at radius 2 is 1.79 bits per heavy atom. The van der Waals surface area contributed by atoms with Crippen LogP contribution < -0.4 is 14.2 Å². The minimum absolute atomic E-state index is 0.0621. The number of nitrogens with zero attached hydrogens (tertiary/aromatic N) is 3. The molecule has 5 rings (SSSR count). The molecular formula is C22H22N4O6S. The van der Waals surface area contributed by atoms with Gasteiger partial charge in [0.05, 0.1) is 10.6 Å². The maximum atomic E-state index is 13.2. The zero-order valence-electron chi connectivity index (χ0n) is 17.9. The minimum atomic E-state index is -3.93. The van der Waals surface area contributed by atoms with Gasteiger partial charge in [0.1, 0.15) is 13.2 Å². The summed E-state index contributed by atoms with van der Waals surface area (Å²) in [5, 5.41) is 3.88. The summed E-state index contributed by atoms with van der Waals surface area (Å²) in [6.07, 6.45) is 1.89. The number of aromatic nitrogens is 2. The summed E-state index contributed by atoms with van der Waals surface area (Å²) >= 11 is 0. The van der Waals surface area contributed by atoms with E-state index >= 15 is 0 Å². The molecule has 2 aromatic carbocycles. The van der Waals surface area contributed by atoms with Gasteiger partial charge in [-0.2, -0.15) is 4.98 Å². The zero-order valence-corrected chi connectivity index (χ0v) is 18.7. The molecule has 2 aliphatic heterocycles. The van der Waals surface area contributed by atoms with Gasteiger partial charge in [-0.25, -0.2) is 8.42 Å². The Kier molecular flexibility index (Phi) is 5.41. The summed E-state index contributed by atoms with van der Waals surface area (Å²) in [6, 6.07) is 9.66. The van der Waals surface area contributed by atoms with Crippen molar-refractivity contribution in [2.75, 3.05) is 31.0 Å². The summed E-state index contributed by atoms with van der Waals surface area (Å²) in [7, 11) is -3.93. The van der Waals surface area contributed by atoms with E-state index < -0.39 is 10.0 Å². The van der Waals surface area contributed by atoms with Crippen molar-refractivity contribution >= 4 is 21.6 Å². The van der Waals surface area contributed by atoms with Gasteiger partial charge in [-0.05, 0) is 43.5 Å². The standard InChI is InChI=1S/C22H22N4O6S/c1-14-4-5-15(20-23-21(32-24-20)22(27)26-8-2-3-9-26)12-19(14)33(28,29)25-16-6-7-17-18(13-16)31-11-10-30-17/h4-7,12-13,25H,2-3,8-11H2,1H3. The largest absolute Gasteiger partial charge is 0.486 e. The SMILES string of the molecule is Cc1ccc(-c2noc(C(=O)N3CCCC3)n2)cc1S(=O)(=O)Nc1ccc2c(c1)OCCO2. The number of rotatable bonds is 5. The van der Waals surface area contributed by atoms with E-state index in [0.717, 1.165) is 12.8 Å². The third-order valence-electron chi connectivity index (χ3n) is 5.53. The Labute approximate surface area is 190 Å². The number of ether oxygens (including phenoxy) is 2. The molecule has 0 bridgehead atoms. The summed E-state index contributed by atoms with van der Waals surface area (Å²) in [5.74, 6) is 0.777. The molecule has 33 heavy (non-hydrogen) atoms. The molecule has 0 aliphatic carbocycles. The Morgan fingerprint density at radius 3 is 2.58 bits per heavy atom. The molecule has 1 fully saturated rings. The maximum absolute atomic E-state index is 13.2. The van der Waals surface area contributed by atoms with E-state index in [-0.39, 0.29) is 22.5 Å². The molecule has 0 saturated carbocycles. The van der Waals surface area contributed by atoms with E-state index in [1.54, 1.807) is 42.2 Å². The predicted molar refractivity (Wildman–Crippen MR) is 118 cm³/mol. The summed E-state index contributed by atoms with van der Waals surface area (Å²) in [5.41, 5.74) is 1.31. The smallest absolute Gasteiger partial charge is 0.316 e. The topological polar surface area (TPSA) is 124 Å². The quantitative estimate of drug-likeness (QED) is 0.604. The van der Waals surface area contributed by atoms with Crippen LogP contribution in [0, 0.1) is 6.92 Å². The van der Waals surface area contributed by atoms with E-state index in [2.05, 4.69) is 14.9 Å². The van der Waals surface area contributed by atoms with Crippen molar-refractivity contribution < 1.29 is 27.2 Å². The Balaban J connectivity index is 1.41. The van der Waals surface area contributed by atoms with Gasteiger partial charge in [0, 0.05) is 24.7 Å². The first-order valence-corrected chi connectivity index (χ1v) is 12.1. The number of hydrogen-bond donors (Lipinski definition) is 1. The van der Waals surface area contributed by atoms with Crippen LogP contribution >= 0.6 is 0 Å². The number of nitrogens with one attached hydrogen (secondary N) is 1. The van der Waals surface area contributed by atoms with Gasteiger partial charge in [-0.3, -0.25) is 9.52 Å². The zero-order chi connectivity index (χ0) is 23.0. The number of fused-ring (bicyclic) bond motifs is 1. The normalized spacial score (nSPS) is 15.5. The number of likely N-dealkylation sites (tertiary alicyclic amines) is 1. The summed E-state index contributed by atoms with van der Waals surface area (Å²) < 4.78 is 45.0. The van der Waals surface area contributed by atoms with Crippen molar-refractivity contribution in [3.8, 4) is 22.9 Å². The molecule has 1 N–H and O–H groups in total. The van der Waals surface area contributed by atoms with Crippen molar-refractivity contribution in [2.24, 2.45) is 0 Å². The number of amides is 1. The van der Waals surface area contributed by atoms with Crippen molar-refractivity contribution in [1.82, 2.24) is 15.0 Å². The van der Waals surface area contributed by atoms with Crippen molar-refractivity contribution in [1.29, 1.82) is 0 Å². The van der Waals surface area contributed by atoms with E-state index in [1.807, 2.05) is 0 Å². The molecule has 172 valence electrons. The van der Waals surface area contributed by atoms with Gasteiger partial charge in [0.15, 0.2) is 11.5 Å². The fourth-order valence-corrected chi connectivity index (χ4v) is 5.15. The second-order valence-corrected chi connectivity index (χ2v) is 9.52. The first-order valence-electron chi connectivity index (χ1n) is 10.6. The molecule has 3 heterocycles. The van der Waals surface area contributed by atoms with E-state index in [4.69, 9.17) is 14.0 Å². The molecule has 1 aromatic heterocycles. The lowest BCUT2D eigenvalue weighted by atomic mass is 10.1. The number of aryl methyl sites for hydroxylation is 1. The summed E-state index contributed by atoms with van der Waals surface area (Å²) in [6.45, 7) is 3.87. The molecule has 10 nitrogen and oxygen atoms in total. The predicted octanol–water partition coefficient (Wildman–Crippen LogP) is 2.85. The Bertz CT molecular complexity index is 1310. The maximum Gasteiger partial charge on any atom is 0.316 e. The van der Waals surface area contributed by atoms with Gasteiger partial charge in [-0.15, -0.1) is 0 Å². The van der Waals surface area contributed by atoms with Crippen LogP contribution in [0.5, 0.6) is 11.5 Å². The molecular weight excluding hydrogens is 448 g/mol. The molecule has 3 aromatic rings.